The Bertz CT molecular complexity index is 714. The predicted octanol–water partition coefficient (Wildman–Crippen LogP) is 0.702. The van der Waals surface area contributed by atoms with Crippen molar-refractivity contribution in [1.29, 1.82) is 0 Å². The number of amides is 2. The average Bonchev–Trinajstić information content (AvgIpc) is 2.99. The Balaban J connectivity index is 1.97. The van der Waals surface area contributed by atoms with Crippen LogP contribution in [0.25, 0.3) is 0 Å². The van der Waals surface area contributed by atoms with Gasteiger partial charge in [-0.15, -0.1) is 0 Å². The molecule has 1 aromatic carbocycles. The summed E-state index contributed by atoms with van der Waals surface area (Å²) in [5.41, 5.74) is 1.00. The van der Waals surface area contributed by atoms with Crippen LogP contribution in [-0.2, 0) is 24.8 Å². The number of hydrogen-bond donors (Lipinski definition) is 0. The lowest BCUT2D eigenvalue weighted by Crippen LogP contribution is -2.46. The lowest BCUT2D eigenvalue weighted by molar-refractivity contribution is -0.237. The molecule has 114 valence electrons. The molecule has 4 rings (SSSR count). The number of carbonyl (C=O) groups excluding carboxylic acids is 3. The number of carbonyl (C=O) groups is 3. The van der Waals surface area contributed by atoms with E-state index in [0.717, 1.165) is 0 Å². The highest BCUT2D eigenvalue weighted by Crippen LogP contribution is 2.56. The number of imide groups is 1. The highest BCUT2D eigenvalue weighted by atomic mass is 16.7. The van der Waals surface area contributed by atoms with Crippen LogP contribution in [0, 0.1) is 11.8 Å². The molecule has 2 fully saturated rings. The third kappa shape index (κ3) is 1.30. The Hall–Kier alpha value is -2.05. The van der Waals surface area contributed by atoms with Gasteiger partial charge in [-0.1, -0.05) is 24.3 Å². The monoisotopic (exact) mass is 301 g/mol. The van der Waals surface area contributed by atoms with Crippen molar-refractivity contribution in [3.05, 3.63) is 35.4 Å². The summed E-state index contributed by atoms with van der Waals surface area (Å²) in [6, 6.07) is 6.93. The van der Waals surface area contributed by atoms with E-state index in [1.807, 2.05) is 0 Å². The number of benzene rings is 1. The fourth-order valence-corrected chi connectivity index (χ4v) is 3.99. The number of likely N-dealkylation sites (tertiary alicyclic amines) is 1. The zero-order valence-corrected chi connectivity index (χ0v) is 12.2. The summed E-state index contributed by atoms with van der Waals surface area (Å²) in [5.74, 6) is -3.88. The molecule has 22 heavy (non-hydrogen) atoms. The van der Waals surface area contributed by atoms with Crippen molar-refractivity contribution in [3.8, 4) is 0 Å². The van der Waals surface area contributed by atoms with Crippen LogP contribution in [0.15, 0.2) is 24.3 Å². The second-order valence-corrected chi connectivity index (χ2v) is 5.74. The third-order valence-corrected chi connectivity index (χ3v) is 4.93. The van der Waals surface area contributed by atoms with Gasteiger partial charge in [-0.25, -0.2) is 0 Å². The van der Waals surface area contributed by atoms with E-state index in [4.69, 9.17) is 9.47 Å². The maximum absolute atomic E-state index is 12.7. The van der Waals surface area contributed by atoms with E-state index < -0.39 is 23.7 Å². The summed E-state index contributed by atoms with van der Waals surface area (Å²) < 4.78 is 11.4. The largest absolute Gasteiger partial charge is 0.349 e. The smallest absolute Gasteiger partial charge is 0.239 e. The molecule has 3 aliphatic rings. The number of ether oxygens (including phenoxy) is 2. The van der Waals surface area contributed by atoms with Gasteiger partial charge in [0, 0.05) is 24.8 Å². The predicted molar refractivity (Wildman–Crippen MR) is 73.7 cm³/mol. The van der Waals surface area contributed by atoms with Gasteiger partial charge in [-0.2, -0.15) is 0 Å². The Morgan fingerprint density at radius 2 is 1.95 bits per heavy atom. The van der Waals surface area contributed by atoms with E-state index in [1.54, 1.807) is 31.2 Å². The molecule has 0 aromatic heterocycles. The first-order valence-corrected chi connectivity index (χ1v) is 7.28. The lowest BCUT2D eigenvalue weighted by Gasteiger charge is -2.36. The summed E-state index contributed by atoms with van der Waals surface area (Å²) >= 11 is 0. The molecule has 3 heterocycles. The minimum absolute atomic E-state index is 0.255. The lowest BCUT2D eigenvalue weighted by atomic mass is 9.86. The van der Waals surface area contributed by atoms with Crippen LogP contribution in [0.2, 0.25) is 0 Å². The molecule has 0 radical (unpaired) electrons. The van der Waals surface area contributed by atoms with E-state index in [2.05, 4.69) is 0 Å². The molecule has 0 saturated carbocycles. The first kappa shape index (κ1) is 13.6. The number of ketones is 1. The Labute approximate surface area is 127 Å². The van der Waals surface area contributed by atoms with Crippen molar-refractivity contribution in [2.24, 2.45) is 11.8 Å². The first-order valence-electron chi connectivity index (χ1n) is 7.28. The van der Waals surface area contributed by atoms with Gasteiger partial charge in [0.05, 0.1) is 5.92 Å². The van der Waals surface area contributed by atoms with E-state index >= 15 is 0 Å². The van der Waals surface area contributed by atoms with Crippen LogP contribution >= 0.6 is 0 Å². The molecule has 3 aliphatic heterocycles. The Morgan fingerprint density at radius 1 is 1.23 bits per heavy atom. The van der Waals surface area contributed by atoms with Gasteiger partial charge in [0.25, 0.3) is 0 Å². The van der Waals surface area contributed by atoms with Crippen LogP contribution in [-0.4, -0.2) is 42.3 Å². The zero-order chi connectivity index (χ0) is 15.6. The summed E-state index contributed by atoms with van der Waals surface area (Å²) in [6.07, 6.45) is -0.951. The zero-order valence-electron chi connectivity index (χ0n) is 12.2. The fraction of sp³-hybridized carbons (Fsp3) is 0.438. The first-order chi connectivity index (χ1) is 10.6. The van der Waals surface area contributed by atoms with Crippen LogP contribution in [0.4, 0.5) is 0 Å². The fourth-order valence-electron chi connectivity index (χ4n) is 3.99. The third-order valence-electron chi connectivity index (χ3n) is 4.93. The van der Waals surface area contributed by atoms with Crippen molar-refractivity contribution in [2.75, 3.05) is 13.7 Å². The molecular weight excluding hydrogens is 286 g/mol. The maximum atomic E-state index is 12.7. The highest BCUT2D eigenvalue weighted by molar-refractivity contribution is 6.13. The normalized spacial score (nSPS) is 35.8. The van der Waals surface area contributed by atoms with Gasteiger partial charge in [0.1, 0.15) is 12.0 Å². The van der Waals surface area contributed by atoms with Gasteiger partial charge in [-0.05, 0) is 6.92 Å². The quantitative estimate of drug-likeness (QED) is 0.752. The van der Waals surface area contributed by atoms with E-state index in [-0.39, 0.29) is 24.1 Å². The van der Waals surface area contributed by atoms with Crippen LogP contribution in [0.5, 0.6) is 0 Å². The SMILES string of the molecule is CCN1C(=O)[C@H]2[C@@H]3O[C@@](OC)(c4ccccc4C3=O)[C@H]2C1=O. The topological polar surface area (TPSA) is 72.9 Å². The van der Waals surface area contributed by atoms with Crippen molar-refractivity contribution in [2.45, 2.75) is 18.8 Å². The molecule has 0 aliphatic carbocycles. The highest BCUT2D eigenvalue weighted by Gasteiger charge is 2.71. The molecule has 0 unspecified atom stereocenters. The van der Waals surface area contributed by atoms with Crippen molar-refractivity contribution in [3.63, 3.8) is 0 Å². The van der Waals surface area contributed by atoms with Crippen LogP contribution in [0.1, 0.15) is 22.8 Å². The number of methoxy groups -OCH3 is 1. The van der Waals surface area contributed by atoms with Crippen molar-refractivity contribution >= 4 is 17.6 Å². The van der Waals surface area contributed by atoms with E-state index in [0.29, 0.717) is 11.1 Å². The Morgan fingerprint density at radius 3 is 2.64 bits per heavy atom. The number of fused-ring (bicyclic) bond motifs is 7. The minimum atomic E-state index is -1.35. The molecule has 4 atom stereocenters. The van der Waals surface area contributed by atoms with Gasteiger partial charge in [-0.3, -0.25) is 19.3 Å². The number of Topliss-reactive ketones (excluding diaryl/α,β-unsaturated/α-hetero) is 1. The summed E-state index contributed by atoms with van der Waals surface area (Å²) in [4.78, 5) is 39.1. The number of rotatable bonds is 2. The molecule has 1 aromatic rings. The molecule has 2 saturated heterocycles. The molecule has 0 N–H and O–H groups in total. The van der Waals surface area contributed by atoms with Gasteiger partial charge in [0.15, 0.2) is 5.78 Å². The second-order valence-electron chi connectivity index (χ2n) is 5.74. The van der Waals surface area contributed by atoms with Crippen molar-refractivity contribution in [1.82, 2.24) is 4.90 Å². The molecular formula is C16H15NO5. The van der Waals surface area contributed by atoms with Gasteiger partial charge in [0.2, 0.25) is 17.6 Å². The number of nitrogens with zero attached hydrogens (tertiary/aromatic N) is 1. The summed E-state index contributed by atoms with van der Waals surface area (Å²) in [7, 11) is 1.44. The van der Waals surface area contributed by atoms with Gasteiger partial charge >= 0.3 is 0 Å². The van der Waals surface area contributed by atoms with E-state index in [1.165, 1.54) is 12.0 Å². The molecule has 6 heteroatoms. The van der Waals surface area contributed by atoms with Crippen LogP contribution in [0.3, 0.4) is 0 Å². The molecule has 6 nitrogen and oxygen atoms in total. The van der Waals surface area contributed by atoms with E-state index in [9.17, 15) is 14.4 Å². The van der Waals surface area contributed by atoms with Crippen LogP contribution < -0.4 is 0 Å². The summed E-state index contributed by atoms with van der Waals surface area (Å²) in [5, 5.41) is 0. The second kappa shape index (κ2) is 4.24. The standard InChI is InChI=1S/C16H15NO5/c1-3-17-14(19)10-11(15(17)20)16(21-2)9-7-5-4-6-8(9)12(18)13(10)22-16/h4-7,10-11,13H,3H2,1-2H3/t10-,11-,13+,16+/m1/s1. The maximum Gasteiger partial charge on any atom is 0.239 e. The number of hydrogen-bond acceptors (Lipinski definition) is 5. The Kier molecular flexibility index (Phi) is 2.62. The molecule has 2 amide bonds. The minimum Gasteiger partial charge on any atom is -0.349 e. The van der Waals surface area contributed by atoms with Crippen molar-refractivity contribution < 1.29 is 23.9 Å². The molecule has 0 spiro atoms. The van der Waals surface area contributed by atoms with Gasteiger partial charge < -0.3 is 9.47 Å². The summed E-state index contributed by atoms with van der Waals surface area (Å²) in [6.45, 7) is 2.02. The average molecular weight is 301 g/mol. The molecule has 2 bridgehead atoms.